The summed E-state index contributed by atoms with van der Waals surface area (Å²) >= 11 is 0. The zero-order chi connectivity index (χ0) is 12.6. The van der Waals surface area contributed by atoms with E-state index in [-0.39, 0.29) is 25.4 Å². The van der Waals surface area contributed by atoms with Crippen molar-refractivity contribution in [1.29, 1.82) is 0 Å². The third-order valence-corrected chi connectivity index (χ3v) is 3.31. The number of aliphatic carboxylic acids is 1. The smallest absolute Gasteiger partial charge is 0.401 e. The summed E-state index contributed by atoms with van der Waals surface area (Å²) in [6.07, 6.45) is -3.97. The summed E-state index contributed by atoms with van der Waals surface area (Å²) in [6.45, 7) is 2.65. The Morgan fingerprint density at radius 2 is 2.06 bits per heavy atom. The third-order valence-electron chi connectivity index (χ3n) is 3.31. The minimum Gasteiger partial charge on any atom is -0.481 e. The number of carboxylic acids is 1. The maximum atomic E-state index is 12.2. The summed E-state index contributed by atoms with van der Waals surface area (Å²) in [6, 6.07) is 0. The van der Waals surface area contributed by atoms with Crippen molar-refractivity contribution in [2.24, 2.45) is 11.3 Å². The first-order valence-electron chi connectivity index (χ1n) is 5.20. The van der Waals surface area contributed by atoms with E-state index in [2.05, 4.69) is 0 Å². The Bertz CT molecular complexity index is 278. The van der Waals surface area contributed by atoms with Crippen LogP contribution in [0.3, 0.4) is 0 Å². The fourth-order valence-corrected chi connectivity index (χ4v) is 2.20. The molecular formula is C10H16F3NO2. The molecule has 0 aromatic heterocycles. The van der Waals surface area contributed by atoms with E-state index in [1.807, 2.05) is 0 Å². The number of alkyl halides is 3. The number of rotatable bonds is 3. The first kappa shape index (κ1) is 13.3. The fraction of sp³-hybridized carbons (Fsp3) is 0.900. The predicted molar refractivity (Wildman–Crippen MR) is 52.0 cm³/mol. The second kappa shape index (κ2) is 4.24. The Labute approximate surface area is 92.2 Å². The van der Waals surface area contributed by atoms with Crippen LogP contribution in [0, 0.1) is 11.3 Å². The van der Waals surface area contributed by atoms with E-state index in [1.165, 1.54) is 4.90 Å². The number of likely N-dealkylation sites (tertiary alicyclic amines) is 1. The van der Waals surface area contributed by atoms with Gasteiger partial charge in [-0.2, -0.15) is 13.2 Å². The topological polar surface area (TPSA) is 40.5 Å². The van der Waals surface area contributed by atoms with Crippen molar-refractivity contribution < 1.29 is 23.1 Å². The Kier molecular flexibility index (Phi) is 3.52. The lowest BCUT2D eigenvalue weighted by molar-refractivity contribution is -0.155. The normalized spacial score (nSPS) is 27.6. The monoisotopic (exact) mass is 239 g/mol. The molecule has 1 fully saturated rings. The Morgan fingerprint density at radius 1 is 1.50 bits per heavy atom. The molecule has 0 aliphatic carbocycles. The largest absolute Gasteiger partial charge is 0.481 e. The van der Waals surface area contributed by atoms with Crippen LogP contribution in [0.2, 0.25) is 0 Å². The summed E-state index contributed by atoms with van der Waals surface area (Å²) in [5.74, 6) is -1.16. The second-order valence-corrected chi connectivity index (χ2v) is 4.69. The molecule has 1 aliphatic rings. The van der Waals surface area contributed by atoms with Crippen molar-refractivity contribution in [3.05, 3.63) is 0 Å². The van der Waals surface area contributed by atoms with E-state index < -0.39 is 24.1 Å². The molecule has 0 amide bonds. The van der Waals surface area contributed by atoms with Gasteiger partial charge in [0.25, 0.3) is 0 Å². The van der Waals surface area contributed by atoms with Crippen LogP contribution >= 0.6 is 0 Å². The molecule has 1 atom stereocenters. The maximum absolute atomic E-state index is 12.2. The van der Waals surface area contributed by atoms with E-state index in [9.17, 15) is 18.0 Å². The van der Waals surface area contributed by atoms with Gasteiger partial charge in [0.15, 0.2) is 0 Å². The van der Waals surface area contributed by atoms with Crippen LogP contribution in [0.25, 0.3) is 0 Å². The predicted octanol–water partition coefficient (Wildman–Crippen LogP) is 1.98. The molecule has 0 bridgehead atoms. The van der Waals surface area contributed by atoms with Gasteiger partial charge in [0.1, 0.15) is 0 Å². The zero-order valence-corrected chi connectivity index (χ0v) is 9.34. The number of carboxylic acid groups (broad SMARTS) is 1. The van der Waals surface area contributed by atoms with Crippen molar-refractivity contribution in [3.8, 4) is 0 Å². The molecule has 0 spiro atoms. The van der Waals surface area contributed by atoms with Gasteiger partial charge in [-0.25, -0.2) is 0 Å². The summed E-state index contributed by atoms with van der Waals surface area (Å²) in [7, 11) is 0. The SMILES string of the molecule is CC(C)C1(C(=O)O)CCN(CC(F)(F)F)C1. The van der Waals surface area contributed by atoms with Crippen molar-refractivity contribution in [3.63, 3.8) is 0 Å². The Balaban J connectivity index is 2.72. The highest BCUT2D eigenvalue weighted by Crippen LogP contribution is 2.39. The van der Waals surface area contributed by atoms with Crippen molar-refractivity contribution in [2.45, 2.75) is 26.4 Å². The minimum atomic E-state index is -4.26. The average molecular weight is 239 g/mol. The molecule has 94 valence electrons. The van der Waals surface area contributed by atoms with Gasteiger partial charge < -0.3 is 5.11 Å². The van der Waals surface area contributed by atoms with Gasteiger partial charge in [0.2, 0.25) is 0 Å². The second-order valence-electron chi connectivity index (χ2n) is 4.69. The lowest BCUT2D eigenvalue weighted by Crippen LogP contribution is -2.41. The van der Waals surface area contributed by atoms with Crippen LogP contribution in [-0.4, -0.2) is 41.8 Å². The molecule has 1 rings (SSSR count). The molecule has 1 unspecified atom stereocenters. The number of carbonyl (C=O) groups is 1. The van der Waals surface area contributed by atoms with Gasteiger partial charge in [-0.05, 0) is 18.9 Å². The van der Waals surface area contributed by atoms with Crippen molar-refractivity contribution in [1.82, 2.24) is 4.90 Å². The number of nitrogens with zero attached hydrogens (tertiary/aromatic N) is 1. The Morgan fingerprint density at radius 3 is 2.38 bits per heavy atom. The summed E-state index contributed by atoms with van der Waals surface area (Å²) in [5.41, 5.74) is -1.02. The molecule has 0 saturated carbocycles. The van der Waals surface area contributed by atoms with Crippen LogP contribution in [0.1, 0.15) is 20.3 Å². The lowest BCUT2D eigenvalue weighted by atomic mass is 9.76. The minimum absolute atomic E-state index is 0.0144. The van der Waals surface area contributed by atoms with Crippen LogP contribution in [0.4, 0.5) is 13.2 Å². The Hall–Kier alpha value is -0.780. The van der Waals surface area contributed by atoms with Crippen LogP contribution in [0.5, 0.6) is 0 Å². The third kappa shape index (κ3) is 2.66. The van der Waals surface area contributed by atoms with Gasteiger partial charge in [-0.1, -0.05) is 13.8 Å². The van der Waals surface area contributed by atoms with E-state index >= 15 is 0 Å². The molecule has 1 heterocycles. The maximum Gasteiger partial charge on any atom is 0.401 e. The number of hydrogen-bond acceptors (Lipinski definition) is 2. The average Bonchev–Trinajstić information content (AvgIpc) is 2.46. The highest BCUT2D eigenvalue weighted by atomic mass is 19.4. The van der Waals surface area contributed by atoms with Crippen LogP contribution in [0.15, 0.2) is 0 Å². The first-order chi connectivity index (χ1) is 7.17. The molecule has 0 radical (unpaired) electrons. The van der Waals surface area contributed by atoms with Crippen LogP contribution < -0.4 is 0 Å². The summed E-state index contributed by atoms with van der Waals surface area (Å²) < 4.78 is 36.5. The zero-order valence-electron chi connectivity index (χ0n) is 9.34. The first-order valence-corrected chi connectivity index (χ1v) is 5.20. The van der Waals surface area contributed by atoms with Gasteiger partial charge in [0, 0.05) is 6.54 Å². The van der Waals surface area contributed by atoms with Gasteiger partial charge in [0.05, 0.1) is 12.0 Å². The van der Waals surface area contributed by atoms with Crippen molar-refractivity contribution in [2.75, 3.05) is 19.6 Å². The molecule has 1 aliphatic heterocycles. The molecule has 0 aromatic carbocycles. The highest BCUT2D eigenvalue weighted by Gasteiger charge is 2.49. The number of halogens is 3. The van der Waals surface area contributed by atoms with Crippen molar-refractivity contribution >= 4 is 5.97 Å². The van der Waals surface area contributed by atoms with E-state index in [0.717, 1.165) is 0 Å². The van der Waals surface area contributed by atoms with Gasteiger partial charge in [-0.3, -0.25) is 9.69 Å². The summed E-state index contributed by atoms with van der Waals surface area (Å²) in [5, 5.41) is 9.14. The molecule has 1 saturated heterocycles. The molecule has 3 nitrogen and oxygen atoms in total. The van der Waals surface area contributed by atoms with Crippen LogP contribution in [-0.2, 0) is 4.79 Å². The van der Waals surface area contributed by atoms with Gasteiger partial charge >= 0.3 is 12.1 Å². The quantitative estimate of drug-likeness (QED) is 0.818. The molecule has 0 aromatic rings. The van der Waals surface area contributed by atoms with Gasteiger partial charge in [-0.15, -0.1) is 0 Å². The molecular weight excluding hydrogens is 223 g/mol. The van der Waals surface area contributed by atoms with E-state index in [0.29, 0.717) is 0 Å². The fourth-order valence-electron chi connectivity index (χ4n) is 2.20. The standard InChI is InChI=1S/C10H16F3NO2/c1-7(2)9(8(15)16)3-4-14(5-9)6-10(11,12)13/h7H,3-6H2,1-2H3,(H,15,16). The molecule has 16 heavy (non-hydrogen) atoms. The molecule has 1 N–H and O–H groups in total. The van der Waals surface area contributed by atoms with E-state index in [1.54, 1.807) is 13.8 Å². The highest BCUT2D eigenvalue weighted by molar-refractivity contribution is 5.75. The number of hydrogen-bond donors (Lipinski definition) is 1. The van der Waals surface area contributed by atoms with E-state index in [4.69, 9.17) is 5.11 Å². The molecule has 6 heteroatoms. The lowest BCUT2D eigenvalue weighted by Gasteiger charge is -2.29. The summed E-state index contributed by atoms with van der Waals surface area (Å²) in [4.78, 5) is 12.3.